The molecular weight excluding hydrogens is 262 g/mol. The van der Waals surface area contributed by atoms with Gasteiger partial charge in [-0.25, -0.2) is 0 Å². The molecule has 0 amide bonds. The summed E-state index contributed by atoms with van der Waals surface area (Å²) in [6, 6.07) is 5.14. The van der Waals surface area contributed by atoms with Crippen LogP contribution in [0.25, 0.3) is 0 Å². The molecule has 1 aromatic heterocycles. The van der Waals surface area contributed by atoms with Crippen molar-refractivity contribution in [2.45, 2.75) is 51.5 Å². The van der Waals surface area contributed by atoms with Gasteiger partial charge in [0, 0.05) is 30.8 Å². The molecule has 4 heteroatoms. The van der Waals surface area contributed by atoms with Crippen LogP contribution in [0.2, 0.25) is 0 Å². The van der Waals surface area contributed by atoms with Crippen molar-refractivity contribution in [3.05, 3.63) is 30.1 Å². The number of ether oxygens (including phenoxy) is 1. The quantitative estimate of drug-likeness (QED) is 0.773. The van der Waals surface area contributed by atoms with Crippen molar-refractivity contribution in [1.82, 2.24) is 4.98 Å². The minimum atomic E-state index is 0.422. The van der Waals surface area contributed by atoms with Gasteiger partial charge in [0.15, 0.2) is 0 Å². The Morgan fingerprint density at radius 2 is 1.71 bits per heavy atom. The van der Waals surface area contributed by atoms with Gasteiger partial charge in [-0.1, -0.05) is 0 Å². The van der Waals surface area contributed by atoms with Crippen molar-refractivity contribution in [2.24, 2.45) is 0 Å². The molecule has 2 saturated heterocycles. The summed E-state index contributed by atoms with van der Waals surface area (Å²) in [5, 5.41) is 0. The smallest absolute Gasteiger partial charge is 0.104 e. The Balaban J connectivity index is 1.48. The number of nitrogens with one attached hydrogen (secondary N) is 2. The molecule has 3 rings (SSSR count). The third kappa shape index (κ3) is 4.02. The summed E-state index contributed by atoms with van der Waals surface area (Å²) < 4.78 is 5.88. The van der Waals surface area contributed by atoms with Crippen LogP contribution in [0.4, 0.5) is 0 Å². The number of quaternary nitrogens is 2. The van der Waals surface area contributed by atoms with Gasteiger partial charge >= 0.3 is 0 Å². The largest absolute Gasteiger partial charge is 0.364 e. The van der Waals surface area contributed by atoms with Crippen LogP contribution in [0.1, 0.15) is 32.3 Å². The van der Waals surface area contributed by atoms with Crippen LogP contribution in [-0.2, 0) is 11.3 Å². The number of rotatable bonds is 3. The summed E-state index contributed by atoms with van der Waals surface area (Å²) in [7, 11) is 0. The highest BCUT2D eigenvalue weighted by atomic mass is 16.5. The summed E-state index contributed by atoms with van der Waals surface area (Å²) in [5.74, 6) is 0. The molecule has 2 fully saturated rings. The Labute approximate surface area is 128 Å². The van der Waals surface area contributed by atoms with Crippen molar-refractivity contribution < 1.29 is 14.5 Å². The Hall–Kier alpha value is -0.970. The van der Waals surface area contributed by atoms with Gasteiger partial charge in [-0.2, -0.15) is 0 Å². The number of nitrogens with zero attached hydrogens (tertiary/aromatic N) is 1. The van der Waals surface area contributed by atoms with Gasteiger partial charge < -0.3 is 14.5 Å². The molecule has 21 heavy (non-hydrogen) atoms. The monoisotopic (exact) mass is 291 g/mol. The molecule has 0 spiro atoms. The van der Waals surface area contributed by atoms with Crippen LogP contribution < -0.4 is 9.80 Å². The summed E-state index contributed by atoms with van der Waals surface area (Å²) in [6.45, 7) is 10.6. The molecule has 0 saturated carbocycles. The maximum atomic E-state index is 5.88. The summed E-state index contributed by atoms with van der Waals surface area (Å²) >= 11 is 0. The van der Waals surface area contributed by atoms with E-state index in [4.69, 9.17) is 4.74 Å². The van der Waals surface area contributed by atoms with Crippen LogP contribution in [0.5, 0.6) is 0 Å². The highest BCUT2D eigenvalue weighted by Crippen LogP contribution is 2.04. The summed E-state index contributed by atoms with van der Waals surface area (Å²) in [5.41, 5.74) is 1.42. The minimum Gasteiger partial charge on any atom is -0.364 e. The predicted molar refractivity (Wildman–Crippen MR) is 82.4 cm³/mol. The minimum absolute atomic E-state index is 0.422. The molecule has 0 aromatic carbocycles. The molecule has 0 bridgehead atoms. The van der Waals surface area contributed by atoms with Crippen molar-refractivity contribution in [2.75, 3.05) is 26.2 Å². The summed E-state index contributed by atoms with van der Waals surface area (Å²) in [6.07, 6.45) is 7.37. The normalized spacial score (nSPS) is 37.3. The van der Waals surface area contributed by atoms with Crippen LogP contribution in [0, 0.1) is 0 Å². The zero-order valence-corrected chi connectivity index (χ0v) is 13.3. The van der Waals surface area contributed by atoms with E-state index in [9.17, 15) is 0 Å². The SMILES string of the molecule is CC1C[NH+](C2CC[NH+](Cc3ccncc3)CC2)CC(C)O1. The first-order valence-corrected chi connectivity index (χ1v) is 8.43. The van der Waals surface area contributed by atoms with Crippen LogP contribution in [0.15, 0.2) is 24.5 Å². The standard InChI is InChI=1S/C17H27N3O/c1-14-11-20(12-15(2)21-14)17-5-9-19(10-6-17)13-16-3-7-18-8-4-16/h3-4,7-8,14-15,17H,5-6,9-13H2,1-2H3/p+2. The second kappa shape index (κ2) is 6.86. The highest BCUT2D eigenvalue weighted by molar-refractivity contribution is 5.07. The topological polar surface area (TPSA) is 31.0 Å². The van der Waals surface area contributed by atoms with Crippen molar-refractivity contribution >= 4 is 0 Å². The van der Waals surface area contributed by atoms with Crippen molar-refractivity contribution in [3.63, 3.8) is 0 Å². The van der Waals surface area contributed by atoms with Gasteiger partial charge in [-0.3, -0.25) is 4.98 Å². The Kier molecular flexibility index (Phi) is 4.88. The molecule has 2 aliphatic rings. The molecule has 3 heterocycles. The molecule has 116 valence electrons. The second-order valence-corrected chi connectivity index (χ2v) is 6.88. The molecule has 1 aromatic rings. The van der Waals surface area contributed by atoms with E-state index in [0.29, 0.717) is 12.2 Å². The van der Waals surface area contributed by atoms with Gasteiger partial charge in [0.2, 0.25) is 0 Å². The lowest BCUT2D eigenvalue weighted by atomic mass is 10.0. The van der Waals surface area contributed by atoms with Gasteiger partial charge in [-0.05, 0) is 26.0 Å². The Bertz CT molecular complexity index is 421. The van der Waals surface area contributed by atoms with E-state index in [2.05, 4.69) is 31.0 Å². The average Bonchev–Trinajstić information content (AvgIpc) is 2.48. The molecule has 0 aliphatic carbocycles. The van der Waals surface area contributed by atoms with E-state index in [1.165, 1.54) is 44.6 Å². The van der Waals surface area contributed by atoms with E-state index in [1.807, 2.05) is 12.4 Å². The molecule has 2 aliphatic heterocycles. The average molecular weight is 291 g/mol. The fourth-order valence-electron chi connectivity index (χ4n) is 4.05. The molecule has 2 N–H and O–H groups in total. The molecule has 0 radical (unpaired) electrons. The third-order valence-corrected chi connectivity index (χ3v) is 5.04. The predicted octanol–water partition coefficient (Wildman–Crippen LogP) is -0.679. The maximum absolute atomic E-state index is 5.88. The summed E-state index contributed by atoms with van der Waals surface area (Å²) in [4.78, 5) is 7.61. The van der Waals surface area contributed by atoms with E-state index in [1.54, 1.807) is 9.80 Å². The molecule has 4 nitrogen and oxygen atoms in total. The Morgan fingerprint density at radius 1 is 1.10 bits per heavy atom. The fourth-order valence-corrected chi connectivity index (χ4v) is 4.05. The van der Waals surface area contributed by atoms with E-state index in [0.717, 1.165) is 12.6 Å². The number of likely N-dealkylation sites (tertiary alicyclic amines) is 1. The third-order valence-electron chi connectivity index (χ3n) is 5.04. The highest BCUT2D eigenvalue weighted by Gasteiger charge is 2.34. The molecular formula is C17H29N3O+2. The Morgan fingerprint density at radius 3 is 2.33 bits per heavy atom. The first-order chi connectivity index (χ1) is 10.2. The first-order valence-electron chi connectivity index (χ1n) is 8.43. The lowest BCUT2D eigenvalue weighted by Crippen LogP contribution is -3.22. The number of pyridine rings is 1. The molecule has 2 unspecified atom stereocenters. The molecule has 2 atom stereocenters. The zero-order chi connectivity index (χ0) is 14.7. The van der Waals surface area contributed by atoms with Crippen LogP contribution in [0.3, 0.4) is 0 Å². The maximum Gasteiger partial charge on any atom is 0.104 e. The van der Waals surface area contributed by atoms with Gasteiger partial charge in [-0.15, -0.1) is 0 Å². The van der Waals surface area contributed by atoms with Gasteiger partial charge in [0.05, 0.1) is 19.1 Å². The van der Waals surface area contributed by atoms with E-state index in [-0.39, 0.29) is 0 Å². The number of piperidine rings is 1. The number of aromatic nitrogens is 1. The van der Waals surface area contributed by atoms with Gasteiger partial charge in [0.1, 0.15) is 31.8 Å². The van der Waals surface area contributed by atoms with Crippen molar-refractivity contribution in [1.29, 1.82) is 0 Å². The van der Waals surface area contributed by atoms with E-state index < -0.39 is 0 Å². The number of morpholine rings is 1. The second-order valence-electron chi connectivity index (χ2n) is 6.88. The number of hydrogen-bond donors (Lipinski definition) is 2. The van der Waals surface area contributed by atoms with Crippen LogP contribution in [-0.4, -0.2) is 49.4 Å². The zero-order valence-electron chi connectivity index (χ0n) is 13.3. The van der Waals surface area contributed by atoms with E-state index >= 15 is 0 Å². The number of hydrogen-bond acceptors (Lipinski definition) is 2. The lowest BCUT2D eigenvalue weighted by Gasteiger charge is -2.39. The first kappa shape index (κ1) is 14.9. The fraction of sp³-hybridized carbons (Fsp3) is 0.706. The van der Waals surface area contributed by atoms with Crippen molar-refractivity contribution in [3.8, 4) is 0 Å². The van der Waals surface area contributed by atoms with Gasteiger partial charge in [0.25, 0.3) is 0 Å². The lowest BCUT2D eigenvalue weighted by molar-refractivity contribution is -0.970. The van der Waals surface area contributed by atoms with Crippen LogP contribution >= 0.6 is 0 Å².